The van der Waals surface area contributed by atoms with Crippen molar-refractivity contribution in [1.82, 2.24) is 21.0 Å². The molecule has 18 nitrogen and oxygen atoms in total. The van der Waals surface area contributed by atoms with Crippen molar-refractivity contribution in [2.75, 3.05) is 20.4 Å². The number of ether oxygens (including phenoxy) is 5. The lowest BCUT2D eigenvalue weighted by atomic mass is 9.90. The fourth-order valence-corrected chi connectivity index (χ4v) is 7.48. The smallest absolute Gasteiger partial charge is 0.497 e. The van der Waals surface area contributed by atoms with E-state index < -0.39 is 84.4 Å². The first-order valence-electron chi connectivity index (χ1n) is 23.6. The van der Waals surface area contributed by atoms with E-state index >= 15 is 0 Å². The molecule has 21 heteroatoms. The topological polar surface area (TPSA) is 227 Å². The van der Waals surface area contributed by atoms with Gasteiger partial charge in [0.25, 0.3) is 11.8 Å². The Hall–Kier alpha value is -8.36. The largest absolute Gasteiger partial charge is 0.573 e. The van der Waals surface area contributed by atoms with E-state index in [0.717, 1.165) is 24.1 Å². The second-order valence-corrected chi connectivity index (χ2v) is 16.3. The van der Waals surface area contributed by atoms with Crippen LogP contribution in [0.5, 0.6) is 17.2 Å². The molecule has 2 unspecified atom stereocenters. The summed E-state index contributed by atoms with van der Waals surface area (Å²) in [5, 5.41) is 8.31. The molecular weight excluding hydrogens is 974 g/mol. The zero-order valence-corrected chi connectivity index (χ0v) is 41.1. The van der Waals surface area contributed by atoms with Crippen LogP contribution in [0.4, 0.5) is 13.2 Å². The van der Waals surface area contributed by atoms with E-state index in [2.05, 4.69) is 20.7 Å². The van der Waals surface area contributed by atoms with Gasteiger partial charge in [0.15, 0.2) is 5.76 Å². The summed E-state index contributed by atoms with van der Waals surface area (Å²) in [7, 11) is 1.20. The van der Waals surface area contributed by atoms with E-state index in [4.69, 9.17) is 28.2 Å². The first-order chi connectivity index (χ1) is 35.6. The van der Waals surface area contributed by atoms with Gasteiger partial charge in [0.1, 0.15) is 47.8 Å². The highest BCUT2D eigenvalue weighted by Gasteiger charge is 2.37. The molecule has 394 valence electrons. The molecule has 1 heterocycles. The van der Waals surface area contributed by atoms with Crippen LogP contribution in [0.1, 0.15) is 102 Å². The summed E-state index contributed by atoms with van der Waals surface area (Å²) in [6.07, 6.45) is -3.31. The molecule has 0 aliphatic carbocycles. The molecule has 0 saturated heterocycles. The molecule has 0 radical (unpaired) electrons. The molecule has 0 spiro atoms. The van der Waals surface area contributed by atoms with Crippen molar-refractivity contribution in [3.63, 3.8) is 0 Å². The van der Waals surface area contributed by atoms with Crippen molar-refractivity contribution < 1.29 is 79.7 Å². The third-order valence-corrected chi connectivity index (χ3v) is 11.2. The van der Waals surface area contributed by atoms with Crippen LogP contribution >= 0.6 is 0 Å². The lowest BCUT2D eigenvalue weighted by Crippen LogP contribution is -2.49. The number of halogens is 3. The maximum absolute atomic E-state index is 13.8. The van der Waals surface area contributed by atoms with Gasteiger partial charge < -0.3 is 48.9 Å². The molecule has 0 bridgehead atoms. The maximum Gasteiger partial charge on any atom is 0.573 e. The Bertz CT molecular complexity index is 2680. The first kappa shape index (κ1) is 56.6. The van der Waals surface area contributed by atoms with Crippen molar-refractivity contribution in [3.8, 4) is 28.6 Å². The van der Waals surface area contributed by atoms with Gasteiger partial charge in [-0.3, -0.25) is 24.0 Å². The standard InChI is InChI=1S/C53H57F3N4O14/c1-5-8-11-20-38(42(6-2)60(33-61)74-51(66)40-24-22-37(68-4)28-46(40)73-53(54,55)56)48(63)57-32-58-50(65)44-26-25-43(72-44)36-21-23-39(45(27-36)69-7-3)49(64)59-41(52(67)71-31-35-18-14-10-15-19-35)29-47(62)70-30-34-16-12-9-13-17-34/h9-10,12-19,21-28,33,38,41-42H,5-8,11,20,29-32H2,1-4H3,(H,57,63)(H,58,65)(H,59,64)/t38?,41?,42-/m1/s1. The quantitative estimate of drug-likeness (QED) is 0.0141. The monoisotopic (exact) mass is 1030 g/mol. The van der Waals surface area contributed by atoms with Crippen LogP contribution in [0.2, 0.25) is 0 Å². The van der Waals surface area contributed by atoms with E-state index in [1.165, 1.54) is 43.5 Å². The molecular formula is C53H57F3N4O14. The van der Waals surface area contributed by atoms with E-state index in [9.17, 15) is 46.7 Å². The van der Waals surface area contributed by atoms with Gasteiger partial charge in [-0.25, -0.2) is 9.59 Å². The zero-order chi connectivity index (χ0) is 53.6. The number of unbranched alkanes of at least 4 members (excludes halogenated alkanes) is 2. The highest BCUT2D eigenvalue weighted by molar-refractivity contribution is 6.00. The van der Waals surface area contributed by atoms with Gasteiger partial charge in [-0.15, -0.1) is 13.2 Å². The van der Waals surface area contributed by atoms with Gasteiger partial charge in [-0.05, 0) is 67.3 Å². The third-order valence-electron chi connectivity index (χ3n) is 11.2. The molecule has 5 rings (SSSR count). The zero-order valence-electron chi connectivity index (χ0n) is 41.1. The molecule has 0 aliphatic heterocycles. The molecule has 3 N–H and O–H groups in total. The number of esters is 2. The molecule has 4 aromatic carbocycles. The van der Waals surface area contributed by atoms with Crippen LogP contribution < -0.4 is 30.2 Å². The number of alkyl halides is 3. The van der Waals surface area contributed by atoms with Crippen LogP contribution in [-0.2, 0) is 46.7 Å². The minimum atomic E-state index is -5.18. The van der Waals surface area contributed by atoms with Crippen LogP contribution in [0.3, 0.4) is 0 Å². The predicted molar refractivity (Wildman–Crippen MR) is 259 cm³/mol. The summed E-state index contributed by atoms with van der Waals surface area (Å²) >= 11 is 0. The predicted octanol–water partition coefficient (Wildman–Crippen LogP) is 8.24. The normalized spacial score (nSPS) is 12.2. The Morgan fingerprint density at radius 2 is 1.43 bits per heavy atom. The number of benzene rings is 4. The fourth-order valence-electron chi connectivity index (χ4n) is 7.48. The number of hydrogen-bond donors (Lipinski definition) is 3. The summed E-state index contributed by atoms with van der Waals surface area (Å²) in [6.45, 7) is 4.79. The van der Waals surface area contributed by atoms with Crippen molar-refractivity contribution in [1.29, 1.82) is 0 Å². The highest BCUT2D eigenvalue weighted by atomic mass is 19.4. The minimum absolute atomic E-state index is 0.00372. The van der Waals surface area contributed by atoms with E-state index in [1.54, 1.807) is 68.4 Å². The average molecular weight is 1030 g/mol. The number of carbonyl (C=O) groups excluding carboxylic acids is 7. The average Bonchev–Trinajstić information content (AvgIpc) is 3.90. The number of nitrogens with one attached hydrogen (secondary N) is 3. The summed E-state index contributed by atoms with van der Waals surface area (Å²) in [6, 6.07) is 25.5. The number of hydrogen-bond acceptors (Lipinski definition) is 14. The van der Waals surface area contributed by atoms with Crippen molar-refractivity contribution in [2.45, 2.75) is 91.0 Å². The number of nitrogens with zero attached hydrogens (tertiary/aromatic N) is 1. The van der Waals surface area contributed by atoms with Crippen molar-refractivity contribution >= 4 is 42.0 Å². The Kier molecular flexibility index (Phi) is 21.4. The molecule has 0 fully saturated rings. The Morgan fingerprint density at radius 3 is 2.05 bits per heavy atom. The Balaban J connectivity index is 1.24. The van der Waals surface area contributed by atoms with Crippen molar-refractivity contribution in [3.05, 3.63) is 137 Å². The van der Waals surface area contributed by atoms with Crippen LogP contribution in [0.25, 0.3) is 11.3 Å². The van der Waals surface area contributed by atoms with Crippen LogP contribution in [0.15, 0.2) is 114 Å². The van der Waals surface area contributed by atoms with E-state index in [-0.39, 0.29) is 67.7 Å². The lowest BCUT2D eigenvalue weighted by molar-refractivity contribution is -0.274. The van der Waals surface area contributed by atoms with Gasteiger partial charge in [0, 0.05) is 11.6 Å². The fraction of sp³-hybridized carbons (Fsp3) is 0.340. The van der Waals surface area contributed by atoms with Gasteiger partial charge >= 0.3 is 24.3 Å². The lowest BCUT2D eigenvalue weighted by Gasteiger charge is -2.32. The molecule has 5 aromatic rings. The number of rotatable bonds is 28. The molecule has 0 saturated carbocycles. The summed E-state index contributed by atoms with van der Waals surface area (Å²) < 4.78 is 71.2. The summed E-state index contributed by atoms with van der Waals surface area (Å²) in [5.41, 5.74) is 1.13. The molecule has 1 aromatic heterocycles. The van der Waals surface area contributed by atoms with Crippen LogP contribution in [-0.4, -0.2) is 85.9 Å². The van der Waals surface area contributed by atoms with Gasteiger partial charge in [-0.1, -0.05) is 99.8 Å². The highest BCUT2D eigenvalue weighted by Crippen LogP contribution is 2.33. The molecule has 74 heavy (non-hydrogen) atoms. The SMILES string of the molecule is CCCCCC(C(=O)NCNC(=O)c1ccc(-c2ccc(C(=O)NC(CC(=O)OCc3ccccc3)C(=O)OCc3ccccc3)c(OCC)c2)o1)[C@@H](CC)N(C=O)OC(=O)c1ccc(OC)cc1OC(F)(F)F. The van der Waals surface area contributed by atoms with Gasteiger partial charge in [0.05, 0.1) is 44.3 Å². The number of hydroxylamine groups is 2. The Morgan fingerprint density at radius 1 is 0.757 bits per heavy atom. The minimum Gasteiger partial charge on any atom is -0.497 e. The molecule has 0 aliphatic rings. The second kappa shape index (κ2) is 28.0. The number of amides is 4. The Labute approximate surface area is 424 Å². The van der Waals surface area contributed by atoms with Gasteiger partial charge in [-0.2, -0.15) is 5.06 Å². The molecule has 4 amide bonds. The first-order valence-corrected chi connectivity index (χ1v) is 23.6. The number of carbonyl (C=O) groups is 7. The second-order valence-electron chi connectivity index (χ2n) is 16.3. The summed E-state index contributed by atoms with van der Waals surface area (Å²) in [4.78, 5) is 98.1. The number of methoxy groups -OCH3 is 1. The van der Waals surface area contributed by atoms with E-state index in [1.807, 2.05) is 13.0 Å². The molecule has 3 atom stereocenters. The number of furan rings is 1. The van der Waals surface area contributed by atoms with Gasteiger partial charge in [0.2, 0.25) is 12.3 Å². The summed E-state index contributed by atoms with van der Waals surface area (Å²) in [5.74, 6) is -7.03. The van der Waals surface area contributed by atoms with Crippen molar-refractivity contribution in [2.24, 2.45) is 5.92 Å². The van der Waals surface area contributed by atoms with Crippen LogP contribution in [0, 0.1) is 5.92 Å². The maximum atomic E-state index is 13.8. The van der Waals surface area contributed by atoms with E-state index in [0.29, 0.717) is 29.0 Å². The third kappa shape index (κ3) is 16.9.